The van der Waals surface area contributed by atoms with Crippen molar-refractivity contribution in [2.24, 2.45) is 0 Å². The number of hydrogen-bond acceptors (Lipinski definition) is 3. The van der Waals surface area contributed by atoms with E-state index < -0.39 is 0 Å². The maximum absolute atomic E-state index is 12.6. The average Bonchev–Trinajstić information content (AvgIpc) is 2.56. The Morgan fingerprint density at radius 2 is 1.67 bits per heavy atom. The van der Waals surface area contributed by atoms with Crippen LogP contribution in [0.15, 0.2) is 53.4 Å². The fraction of sp³-hybridized carbons (Fsp3) is 0.300. The minimum atomic E-state index is -0.159. The first-order valence-corrected chi connectivity index (χ1v) is 9.05. The molecule has 4 heteroatoms. The molecule has 2 aromatic rings. The number of anilines is 1. The summed E-state index contributed by atoms with van der Waals surface area (Å²) in [6, 6.07) is 15.5. The van der Waals surface area contributed by atoms with Crippen molar-refractivity contribution in [3.8, 4) is 0 Å². The molecule has 2 rings (SSSR count). The van der Waals surface area contributed by atoms with Gasteiger partial charge < -0.3 is 5.32 Å². The largest absolute Gasteiger partial charge is 0.326 e. The monoisotopic (exact) mass is 341 g/mol. The molecule has 0 fully saturated rings. The van der Waals surface area contributed by atoms with E-state index >= 15 is 0 Å². The number of rotatable bonds is 7. The van der Waals surface area contributed by atoms with Crippen LogP contribution in [0.25, 0.3) is 0 Å². The van der Waals surface area contributed by atoms with Crippen LogP contribution in [0.3, 0.4) is 0 Å². The van der Waals surface area contributed by atoms with Crippen LogP contribution >= 0.6 is 11.8 Å². The smallest absolute Gasteiger partial charge is 0.221 e. The molecule has 1 N–H and O–H groups in total. The quantitative estimate of drug-likeness (QED) is 0.572. The van der Waals surface area contributed by atoms with E-state index in [1.165, 1.54) is 24.2 Å². The Kier molecular flexibility index (Phi) is 6.62. The molecule has 3 nitrogen and oxygen atoms in total. The summed E-state index contributed by atoms with van der Waals surface area (Å²) >= 11 is 1.53. The molecule has 0 unspecified atom stereocenters. The second kappa shape index (κ2) is 8.69. The average molecular weight is 341 g/mol. The number of nitrogens with one attached hydrogen (secondary N) is 1. The molecule has 2 aromatic carbocycles. The summed E-state index contributed by atoms with van der Waals surface area (Å²) in [5.41, 5.74) is 2.78. The number of Topliss-reactive ketones (excluding diaryl/α,β-unsaturated/α-hetero) is 1. The Hall–Kier alpha value is -2.07. The van der Waals surface area contributed by atoms with Crippen LogP contribution < -0.4 is 5.32 Å². The molecule has 1 atom stereocenters. The van der Waals surface area contributed by atoms with Crippen LogP contribution in [0, 0.1) is 0 Å². The second-order valence-corrected chi connectivity index (χ2v) is 7.19. The third-order valence-corrected chi connectivity index (χ3v) is 4.75. The summed E-state index contributed by atoms with van der Waals surface area (Å²) in [5, 5.41) is 2.58. The lowest BCUT2D eigenvalue weighted by atomic mass is 10.0. The van der Waals surface area contributed by atoms with Gasteiger partial charge in [0.25, 0.3) is 0 Å². The number of ketones is 1. The molecular formula is C20H23NO2S. The third kappa shape index (κ3) is 5.24. The van der Waals surface area contributed by atoms with Gasteiger partial charge in [-0.2, -0.15) is 0 Å². The Bertz CT molecular complexity index is 693. The van der Waals surface area contributed by atoms with Gasteiger partial charge in [-0.1, -0.05) is 37.6 Å². The Morgan fingerprint density at radius 1 is 1.04 bits per heavy atom. The van der Waals surface area contributed by atoms with Crippen molar-refractivity contribution in [3.05, 3.63) is 59.7 Å². The number of thioether (sulfide) groups is 1. The number of aryl methyl sites for hydroxylation is 1. The van der Waals surface area contributed by atoms with Crippen LogP contribution in [-0.4, -0.2) is 16.9 Å². The van der Waals surface area contributed by atoms with Crippen LogP contribution in [0.5, 0.6) is 0 Å². The molecule has 0 radical (unpaired) electrons. The van der Waals surface area contributed by atoms with Crippen molar-refractivity contribution in [1.29, 1.82) is 0 Å². The summed E-state index contributed by atoms with van der Waals surface area (Å²) in [4.78, 5) is 24.6. The van der Waals surface area contributed by atoms with Gasteiger partial charge in [0.2, 0.25) is 5.91 Å². The highest BCUT2D eigenvalue weighted by Crippen LogP contribution is 2.27. The van der Waals surface area contributed by atoms with Gasteiger partial charge in [0.15, 0.2) is 5.78 Å². The van der Waals surface area contributed by atoms with Crippen molar-refractivity contribution in [2.75, 3.05) is 5.32 Å². The predicted molar refractivity (Wildman–Crippen MR) is 101 cm³/mol. The van der Waals surface area contributed by atoms with E-state index in [2.05, 4.69) is 12.2 Å². The van der Waals surface area contributed by atoms with Gasteiger partial charge in [-0.3, -0.25) is 9.59 Å². The molecule has 0 aliphatic heterocycles. The minimum absolute atomic E-state index is 0.0922. The van der Waals surface area contributed by atoms with E-state index in [9.17, 15) is 9.59 Å². The summed E-state index contributed by atoms with van der Waals surface area (Å²) in [7, 11) is 0. The Morgan fingerprint density at radius 3 is 2.21 bits per heavy atom. The molecule has 0 saturated heterocycles. The summed E-state index contributed by atoms with van der Waals surface area (Å²) in [6.45, 7) is 5.55. The molecule has 24 heavy (non-hydrogen) atoms. The molecule has 1 amide bonds. The summed E-state index contributed by atoms with van der Waals surface area (Å²) in [5.74, 6) is 0.0412. The zero-order valence-corrected chi connectivity index (χ0v) is 15.2. The SMILES string of the molecule is CCCc1ccc(C(=O)[C@H](C)Sc2ccc(NC(C)=O)cc2)cc1. The standard InChI is InChI=1S/C20H23NO2S/c1-4-5-16-6-8-17(9-7-16)20(23)14(2)24-19-12-10-18(11-13-19)21-15(3)22/h6-14H,4-5H2,1-3H3,(H,21,22)/t14-/m0/s1. The van der Waals surface area contributed by atoms with Crippen molar-refractivity contribution < 1.29 is 9.59 Å². The fourth-order valence-corrected chi connectivity index (χ4v) is 3.38. The van der Waals surface area contributed by atoms with E-state index in [0.29, 0.717) is 0 Å². The molecule has 0 spiro atoms. The Balaban J connectivity index is 1.99. The van der Waals surface area contributed by atoms with E-state index in [-0.39, 0.29) is 16.9 Å². The lowest BCUT2D eigenvalue weighted by Crippen LogP contribution is -2.13. The van der Waals surface area contributed by atoms with Gasteiger partial charge >= 0.3 is 0 Å². The second-order valence-electron chi connectivity index (χ2n) is 5.78. The lowest BCUT2D eigenvalue weighted by Gasteiger charge is -2.11. The topological polar surface area (TPSA) is 46.2 Å². The van der Waals surface area contributed by atoms with Gasteiger partial charge in [0.1, 0.15) is 0 Å². The first-order chi connectivity index (χ1) is 11.5. The van der Waals surface area contributed by atoms with Crippen LogP contribution in [0.1, 0.15) is 43.1 Å². The summed E-state index contributed by atoms with van der Waals surface area (Å²) < 4.78 is 0. The Labute approximate surface area is 147 Å². The molecule has 0 aromatic heterocycles. The third-order valence-electron chi connectivity index (χ3n) is 3.63. The van der Waals surface area contributed by atoms with Crippen LogP contribution in [0.2, 0.25) is 0 Å². The molecular weight excluding hydrogens is 318 g/mol. The van der Waals surface area contributed by atoms with E-state index in [4.69, 9.17) is 0 Å². The zero-order valence-electron chi connectivity index (χ0n) is 14.3. The normalized spacial score (nSPS) is 11.8. The molecule has 0 aliphatic carbocycles. The number of amides is 1. The highest BCUT2D eigenvalue weighted by molar-refractivity contribution is 8.00. The highest BCUT2D eigenvalue weighted by atomic mass is 32.2. The number of benzene rings is 2. The zero-order chi connectivity index (χ0) is 17.5. The maximum Gasteiger partial charge on any atom is 0.221 e. The minimum Gasteiger partial charge on any atom is -0.326 e. The van der Waals surface area contributed by atoms with Crippen molar-refractivity contribution in [1.82, 2.24) is 0 Å². The predicted octanol–water partition coefficient (Wildman–Crippen LogP) is 4.96. The van der Waals surface area contributed by atoms with Gasteiger partial charge in [0, 0.05) is 23.1 Å². The molecule has 126 valence electrons. The molecule has 0 saturated carbocycles. The molecule has 0 heterocycles. The fourth-order valence-electron chi connectivity index (χ4n) is 2.44. The first kappa shape index (κ1) is 18.3. The van der Waals surface area contributed by atoms with Gasteiger partial charge in [0.05, 0.1) is 5.25 Å². The van der Waals surface area contributed by atoms with Crippen molar-refractivity contribution >= 4 is 29.1 Å². The van der Waals surface area contributed by atoms with E-state index in [1.54, 1.807) is 0 Å². The summed E-state index contributed by atoms with van der Waals surface area (Å²) in [6.07, 6.45) is 2.15. The van der Waals surface area contributed by atoms with E-state index in [1.807, 2.05) is 55.5 Å². The first-order valence-electron chi connectivity index (χ1n) is 8.17. The maximum atomic E-state index is 12.6. The van der Waals surface area contributed by atoms with Gasteiger partial charge in [-0.25, -0.2) is 0 Å². The van der Waals surface area contributed by atoms with E-state index in [0.717, 1.165) is 29.0 Å². The number of hydrogen-bond donors (Lipinski definition) is 1. The molecule has 0 aliphatic rings. The lowest BCUT2D eigenvalue weighted by molar-refractivity contribution is -0.114. The van der Waals surface area contributed by atoms with Gasteiger partial charge in [-0.15, -0.1) is 11.8 Å². The highest BCUT2D eigenvalue weighted by Gasteiger charge is 2.16. The van der Waals surface area contributed by atoms with Crippen molar-refractivity contribution in [3.63, 3.8) is 0 Å². The molecule has 0 bridgehead atoms. The van der Waals surface area contributed by atoms with Crippen LogP contribution in [0.4, 0.5) is 5.69 Å². The van der Waals surface area contributed by atoms with Crippen molar-refractivity contribution in [2.45, 2.75) is 43.8 Å². The number of carbonyl (C=O) groups is 2. The van der Waals surface area contributed by atoms with Crippen LogP contribution in [-0.2, 0) is 11.2 Å². The van der Waals surface area contributed by atoms with Gasteiger partial charge in [-0.05, 0) is 43.2 Å². The number of carbonyl (C=O) groups excluding carboxylic acids is 2.